The zero-order valence-electron chi connectivity index (χ0n) is 12.1. The summed E-state index contributed by atoms with van der Waals surface area (Å²) in [4.78, 5) is 4.47. The van der Waals surface area contributed by atoms with Crippen LogP contribution in [0.5, 0.6) is 0 Å². The topological polar surface area (TPSA) is 43.8 Å². The third kappa shape index (κ3) is 1.95. The molecule has 0 aliphatic rings. The predicted molar refractivity (Wildman–Crippen MR) is 84.3 cm³/mol. The molecule has 0 unspecified atom stereocenters. The van der Waals surface area contributed by atoms with E-state index in [1.54, 1.807) is 0 Å². The fourth-order valence-corrected chi connectivity index (χ4v) is 2.60. The number of hydrogen-bond donors (Lipinski definition) is 1. The van der Waals surface area contributed by atoms with Crippen LogP contribution in [0.4, 0.5) is 5.95 Å². The summed E-state index contributed by atoms with van der Waals surface area (Å²) in [6.45, 7) is 6.48. The molecule has 2 N–H and O–H groups in total. The van der Waals surface area contributed by atoms with Crippen LogP contribution >= 0.6 is 0 Å². The lowest BCUT2D eigenvalue weighted by Crippen LogP contribution is -2.02. The summed E-state index contributed by atoms with van der Waals surface area (Å²) in [6.07, 6.45) is 0. The second-order valence-corrected chi connectivity index (χ2v) is 5.50. The largest absolute Gasteiger partial charge is 0.369 e. The maximum atomic E-state index is 6.13. The molecule has 20 heavy (non-hydrogen) atoms. The molecule has 0 saturated heterocycles. The molecule has 0 radical (unpaired) electrons. The van der Waals surface area contributed by atoms with E-state index in [0.29, 0.717) is 11.9 Å². The molecule has 0 saturated carbocycles. The molecule has 0 aliphatic heterocycles. The summed E-state index contributed by atoms with van der Waals surface area (Å²) >= 11 is 0. The van der Waals surface area contributed by atoms with Gasteiger partial charge in [-0.05, 0) is 42.2 Å². The minimum atomic E-state index is 0.493. The first-order valence-electron chi connectivity index (χ1n) is 6.92. The maximum absolute atomic E-state index is 6.13. The first-order valence-corrected chi connectivity index (χ1v) is 6.92. The zero-order chi connectivity index (χ0) is 14.3. The van der Waals surface area contributed by atoms with Crippen molar-refractivity contribution in [3.8, 4) is 5.69 Å². The highest BCUT2D eigenvalue weighted by Gasteiger charge is 2.12. The summed E-state index contributed by atoms with van der Waals surface area (Å²) in [6, 6.07) is 14.6. The summed E-state index contributed by atoms with van der Waals surface area (Å²) in [5.74, 6) is 1.03. The Bertz CT molecular complexity index is 769. The first-order chi connectivity index (χ1) is 9.58. The van der Waals surface area contributed by atoms with Gasteiger partial charge >= 0.3 is 0 Å². The van der Waals surface area contributed by atoms with Gasteiger partial charge in [0.15, 0.2) is 0 Å². The average molecular weight is 265 g/mol. The van der Waals surface area contributed by atoms with Gasteiger partial charge in [-0.1, -0.05) is 38.1 Å². The molecule has 0 fully saturated rings. The van der Waals surface area contributed by atoms with Gasteiger partial charge in [0.25, 0.3) is 0 Å². The fraction of sp³-hybridized carbons (Fsp3) is 0.235. The van der Waals surface area contributed by atoms with Gasteiger partial charge in [0.05, 0.1) is 11.0 Å². The minimum Gasteiger partial charge on any atom is -0.369 e. The Hall–Kier alpha value is -2.29. The van der Waals surface area contributed by atoms with E-state index in [1.807, 2.05) is 16.7 Å². The monoisotopic (exact) mass is 265 g/mol. The molecular weight excluding hydrogens is 246 g/mol. The predicted octanol–water partition coefficient (Wildman–Crippen LogP) is 4.04. The summed E-state index contributed by atoms with van der Waals surface area (Å²) in [5, 5.41) is 0. The van der Waals surface area contributed by atoms with Crippen LogP contribution in [0.1, 0.15) is 30.9 Å². The molecule has 0 atom stereocenters. The van der Waals surface area contributed by atoms with Crippen LogP contribution in [0.2, 0.25) is 0 Å². The SMILES string of the molecule is Cc1cccc2nc(N)n(-c3cccc(C(C)C)c3)c12. The highest BCUT2D eigenvalue weighted by molar-refractivity contribution is 5.83. The number of para-hydroxylation sites is 1. The summed E-state index contributed by atoms with van der Waals surface area (Å²) in [7, 11) is 0. The van der Waals surface area contributed by atoms with Gasteiger partial charge < -0.3 is 5.73 Å². The standard InChI is InChI=1S/C17H19N3/c1-11(2)13-7-5-8-14(10-13)20-16-12(3)6-4-9-15(16)19-17(20)18/h4-11H,1-3H3,(H2,18,19). The van der Waals surface area contributed by atoms with E-state index < -0.39 is 0 Å². The van der Waals surface area contributed by atoms with Crippen LogP contribution in [0, 0.1) is 6.92 Å². The van der Waals surface area contributed by atoms with Gasteiger partial charge in [-0.3, -0.25) is 4.57 Å². The molecular formula is C17H19N3. The molecule has 3 rings (SSSR count). The van der Waals surface area contributed by atoms with Gasteiger partial charge in [0, 0.05) is 5.69 Å². The molecule has 0 amide bonds. The van der Waals surface area contributed by atoms with Crippen molar-refractivity contribution < 1.29 is 0 Å². The number of fused-ring (bicyclic) bond motifs is 1. The van der Waals surface area contributed by atoms with E-state index in [9.17, 15) is 0 Å². The van der Waals surface area contributed by atoms with Crippen molar-refractivity contribution in [1.29, 1.82) is 0 Å². The van der Waals surface area contributed by atoms with Crippen molar-refractivity contribution in [3.05, 3.63) is 53.6 Å². The van der Waals surface area contributed by atoms with Gasteiger partial charge in [0.2, 0.25) is 5.95 Å². The molecule has 2 aromatic carbocycles. The number of nitrogen functional groups attached to an aromatic ring is 1. The van der Waals surface area contributed by atoms with Gasteiger partial charge in [-0.2, -0.15) is 0 Å². The zero-order valence-corrected chi connectivity index (χ0v) is 12.1. The Kier molecular flexibility index (Phi) is 2.97. The van der Waals surface area contributed by atoms with Crippen molar-refractivity contribution in [3.63, 3.8) is 0 Å². The van der Waals surface area contributed by atoms with E-state index in [-0.39, 0.29) is 0 Å². The third-order valence-corrected chi connectivity index (χ3v) is 3.70. The molecule has 1 aromatic heterocycles. The maximum Gasteiger partial charge on any atom is 0.205 e. The summed E-state index contributed by atoms with van der Waals surface area (Å²) in [5.41, 5.74) is 11.7. The number of benzene rings is 2. The molecule has 0 bridgehead atoms. The van der Waals surface area contributed by atoms with E-state index in [4.69, 9.17) is 5.73 Å². The number of hydrogen-bond acceptors (Lipinski definition) is 2. The quantitative estimate of drug-likeness (QED) is 0.760. The lowest BCUT2D eigenvalue weighted by Gasteiger charge is -2.11. The Morgan fingerprint density at radius 2 is 1.85 bits per heavy atom. The number of anilines is 1. The number of imidazole rings is 1. The average Bonchev–Trinajstić information content (AvgIpc) is 2.76. The van der Waals surface area contributed by atoms with Gasteiger partial charge in [-0.25, -0.2) is 4.98 Å². The van der Waals surface area contributed by atoms with Crippen molar-refractivity contribution in [2.75, 3.05) is 5.73 Å². The van der Waals surface area contributed by atoms with Crippen LogP contribution < -0.4 is 5.73 Å². The van der Waals surface area contributed by atoms with Crippen LogP contribution in [0.15, 0.2) is 42.5 Å². The molecule has 102 valence electrons. The Morgan fingerprint density at radius 3 is 2.60 bits per heavy atom. The molecule has 0 aliphatic carbocycles. The van der Waals surface area contributed by atoms with Crippen molar-refractivity contribution in [2.24, 2.45) is 0 Å². The highest BCUT2D eigenvalue weighted by atomic mass is 15.2. The molecule has 0 spiro atoms. The van der Waals surface area contributed by atoms with Crippen molar-refractivity contribution in [2.45, 2.75) is 26.7 Å². The highest BCUT2D eigenvalue weighted by Crippen LogP contribution is 2.27. The summed E-state index contributed by atoms with van der Waals surface area (Å²) < 4.78 is 2.04. The lowest BCUT2D eigenvalue weighted by atomic mass is 10.0. The number of aromatic nitrogens is 2. The van der Waals surface area contributed by atoms with Gasteiger partial charge in [0.1, 0.15) is 0 Å². The second kappa shape index (κ2) is 4.67. The molecule has 3 heteroatoms. The van der Waals surface area contributed by atoms with E-state index >= 15 is 0 Å². The lowest BCUT2D eigenvalue weighted by molar-refractivity contribution is 0.864. The number of nitrogens with two attached hydrogens (primary N) is 1. The van der Waals surface area contributed by atoms with Crippen molar-refractivity contribution >= 4 is 17.0 Å². The molecule has 1 heterocycles. The normalized spacial score (nSPS) is 11.4. The van der Waals surface area contributed by atoms with Crippen LogP contribution in [-0.4, -0.2) is 9.55 Å². The number of rotatable bonds is 2. The fourth-order valence-electron chi connectivity index (χ4n) is 2.60. The Balaban J connectivity index is 2.29. The minimum absolute atomic E-state index is 0.493. The molecule has 3 aromatic rings. The van der Waals surface area contributed by atoms with Crippen molar-refractivity contribution in [1.82, 2.24) is 9.55 Å². The van der Waals surface area contributed by atoms with Gasteiger partial charge in [-0.15, -0.1) is 0 Å². The van der Waals surface area contributed by atoms with E-state index in [1.165, 1.54) is 11.1 Å². The smallest absolute Gasteiger partial charge is 0.205 e. The van der Waals surface area contributed by atoms with E-state index in [2.05, 4.69) is 56.1 Å². The number of aryl methyl sites for hydroxylation is 1. The first kappa shape index (κ1) is 12.7. The number of nitrogens with zero attached hydrogens (tertiary/aromatic N) is 2. The van der Waals surface area contributed by atoms with E-state index in [0.717, 1.165) is 16.7 Å². The van der Waals surface area contributed by atoms with Crippen LogP contribution in [0.25, 0.3) is 16.7 Å². The third-order valence-electron chi connectivity index (χ3n) is 3.70. The van der Waals surface area contributed by atoms with Crippen LogP contribution in [-0.2, 0) is 0 Å². The molecule has 3 nitrogen and oxygen atoms in total. The Labute approximate surface area is 119 Å². The second-order valence-electron chi connectivity index (χ2n) is 5.50. The Morgan fingerprint density at radius 1 is 1.10 bits per heavy atom. The van der Waals surface area contributed by atoms with Crippen LogP contribution in [0.3, 0.4) is 0 Å².